The van der Waals surface area contributed by atoms with Gasteiger partial charge in [0.2, 0.25) is 0 Å². The fraction of sp³-hybridized carbons (Fsp3) is 0.450. The minimum absolute atomic E-state index is 0.173. The summed E-state index contributed by atoms with van der Waals surface area (Å²) in [5.41, 5.74) is 3.90. The summed E-state index contributed by atoms with van der Waals surface area (Å²) in [7, 11) is 0. The zero-order valence-electron chi connectivity index (χ0n) is 14.3. The molecule has 1 aliphatic heterocycles. The van der Waals surface area contributed by atoms with E-state index in [1.54, 1.807) is 0 Å². The zero-order chi connectivity index (χ0) is 16.9. The van der Waals surface area contributed by atoms with Gasteiger partial charge in [0.1, 0.15) is 5.76 Å². The second-order valence-electron chi connectivity index (χ2n) is 5.98. The Hall–Kier alpha value is -1.91. The first-order chi connectivity index (χ1) is 11.7. The van der Waals surface area contributed by atoms with Crippen molar-refractivity contribution < 1.29 is 19.0 Å². The Kier molecular flexibility index (Phi) is 5.48. The molecule has 0 N–H and O–H groups in total. The van der Waals surface area contributed by atoms with Gasteiger partial charge in [-0.05, 0) is 57.2 Å². The molecule has 0 atom stereocenters. The van der Waals surface area contributed by atoms with Crippen LogP contribution < -0.4 is 0 Å². The van der Waals surface area contributed by atoms with Crippen LogP contribution in [-0.2, 0) is 19.0 Å². The fourth-order valence-electron chi connectivity index (χ4n) is 3.23. The molecule has 128 valence electrons. The van der Waals surface area contributed by atoms with Crippen molar-refractivity contribution in [3.8, 4) is 0 Å². The summed E-state index contributed by atoms with van der Waals surface area (Å²) >= 11 is 0. The zero-order valence-corrected chi connectivity index (χ0v) is 14.3. The van der Waals surface area contributed by atoms with E-state index in [9.17, 15) is 4.79 Å². The summed E-state index contributed by atoms with van der Waals surface area (Å²) in [6, 6.07) is 7.99. The Morgan fingerprint density at radius 3 is 2.54 bits per heavy atom. The quantitative estimate of drug-likeness (QED) is 0.568. The third-order valence-electron chi connectivity index (χ3n) is 4.33. The predicted octanol–water partition coefficient (Wildman–Crippen LogP) is 4.53. The lowest BCUT2D eigenvalue weighted by molar-refractivity contribution is -0.140. The molecule has 0 saturated carbocycles. The Bertz CT molecular complexity index is 666. The SMILES string of the molecule is CCOC(OCC)c1cccc(C=C2OC(=O)C3=C2CCCC3)c1. The molecule has 0 radical (unpaired) electrons. The van der Waals surface area contributed by atoms with E-state index in [0.29, 0.717) is 19.0 Å². The second kappa shape index (κ2) is 7.77. The van der Waals surface area contributed by atoms with Crippen molar-refractivity contribution >= 4 is 12.0 Å². The largest absolute Gasteiger partial charge is 0.423 e. The van der Waals surface area contributed by atoms with E-state index in [4.69, 9.17) is 14.2 Å². The van der Waals surface area contributed by atoms with Gasteiger partial charge >= 0.3 is 5.97 Å². The molecule has 0 aromatic heterocycles. The average Bonchev–Trinajstić information content (AvgIpc) is 2.91. The highest BCUT2D eigenvalue weighted by Crippen LogP contribution is 2.37. The number of allylic oxidation sites excluding steroid dienone is 1. The molecule has 0 saturated heterocycles. The smallest absolute Gasteiger partial charge is 0.339 e. The number of cyclic esters (lactones) is 1. The van der Waals surface area contributed by atoms with Gasteiger partial charge in [0.25, 0.3) is 0 Å². The molecule has 0 unspecified atom stereocenters. The summed E-state index contributed by atoms with van der Waals surface area (Å²) in [5, 5.41) is 0. The molecule has 2 aliphatic rings. The van der Waals surface area contributed by atoms with Crippen LogP contribution in [-0.4, -0.2) is 19.2 Å². The average molecular weight is 328 g/mol. The van der Waals surface area contributed by atoms with Crippen molar-refractivity contribution in [3.05, 3.63) is 52.3 Å². The maximum absolute atomic E-state index is 12.0. The standard InChI is InChI=1S/C20H24O4/c1-3-22-20(23-4-2)15-9-7-8-14(12-15)13-18-16-10-5-6-11-17(16)19(21)24-18/h7-9,12-13,20H,3-6,10-11H2,1-2H3. The van der Waals surface area contributed by atoms with Crippen LogP contribution in [0.15, 0.2) is 41.2 Å². The van der Waals surface area contributed by atoms with Crippen LogP contribution in [0, 0.1) is 0 Å². The van der Waals surface area contributed by atoms with Crippen LogP contribution in [0.3, 0.4) is 0 Å². The number of carbonyl (C=O) groups excluding carboxylic acids is 1. The lowest BCUT2D eigenvalue weighted by atomic mass is 9.92. The Balaban J connectivity index is 1.87. The van der Waals surface area contributed by atoms with Crippen LogP contribution in [0.5, 0.6) is 0 Å². The first-order valence-corrected chi connectivity index (χ1v) is 8.72. The van der Waals surface area contributed by atoms with Crippen molar-refractivity contribution in [3.63, 3.8) is 0 Å². The van der Waals surface area contributed by atoms with Crippen molar-refractivity contribution in [2.75, 3.05) is 13.2 Å². The molecule has 1 aromatic carbocycles. The van der Waals surface area contributed by atoms with Crippen LogP contribution in [0.25, 0.3) is 6.08 Å². The first-order valence-electron chi connectivity index (χ1n) is 8.72. The monoisotopic (exact) mass is 328 g/mol. The molecule has 0 fully saturated rings. The Labute approximate surface area is 143 Å². The maximum Gasteiger partial charge on any atom is 0.339 e. The minimum atomic E-state index is -0.367. The van der Waals surface area contributed by atoms with Gasteiger partial charge in [-0.15, -0.1) is 0 Å². The molecule has 0 amide bonds. The van der Waals surface area contributed by atoms with Gasteiger partial charge in [-0.1, -0.05) is 18.2 Å². The van der Waals surface area contributed by atoms with Gasteiger partial charge in [-0.25, -0.2) is 4.79 Å². The molecular formula is C20H24O4. The third-order valence-corrected chi connectivity index (χ3v) is 4.33. The van der Waals surface area contributed by atoms with Gasteiger partial charge in [0.15, 0.2) is 6.29 Å². The number of ether oxygens (including phenoxy) is 3. The fourth-order valence-corrected chi connectivity index (χ4v) is 3.23. The number of esters is 1. The van der Waals surface area contributed by atoms with Gasteiger partial charge < -0.3 is 14.2 Å². The molecule has 4 nitrogen and oxygen atoms in total. The molecular weight excluding hydrogens is 304 g/mol. The van der Waals surface area contributed by atoms with E-state index in [-0.39, 0.29) is 12.3 Å². The second-order valence-corrected chi connectivity index (χ2v) is 5.98. The molecule has 0 bridgehead atoms. The van der Waals surface area contributed by atoms with E-state index in [1.807, 2.05) is 44.2 Å². The lowest BCUT2D eigenvalue weighted by Crippen LogP contribution is -2.08. The Morgan fingerprint density at radius 2 is 1.83 bits per heavy atom. The molecule has 0 spiro atoms. The number of hydrogen-bond acceptors (Lipinski definition) is 4. The van der Waals surface area contributed by atoms with Crippen LogP contribution in [0.4, 0.5) is 0 Å². The number of rotatable bonds is 6. The molecule has 3 rings (SSSR count). The van der Waals surface area contributed by atoms with E-state index in [1.165, 1.54) is 0 Å². The van der Waals surface area contributed by atoms with E-state index >= 15 is 0 Å². The molecule has 1 aromatic rings. The normalized spacial score (nSPS) is 19.1. The van der Waals surface area contributed by atoms with Crippen molar-refractivity contribution in [2.45, 2.75) is 45.8 Å². The predicted molar refractivity (Wildman–Crippen MR) is 92.0 cm³/mol. The van der Waals surface area contributed by atoms with Crippen LogP contribution in [0.1, 0.15) is 56.9 Å². The number of carbonyl (C=O) groups is 1. The van der Waals surface area contributed by atoms with Gasteiger partial charge in [-0.2, -0.15) is 0 Å². The van der Waals surface area contributed by atoms with E-state index in [2.05, 4.69) is 0 Å². The van der Waals surface area contributed by atoms with Crippen LogP contribution in [0.2, 0.25) is 0 Å². The highest BCUT2D eigenvalue weighted by molar-refractivity contribution is 5.95. The lowest BCUT2D eigenvalue weighted by Gasteiger charge is -2.17. The number of benzene rings is 1. The molecule has 4 heteroatoms. The van der Waals surface area contributed by atoms with E-state index < -0.39 is 0 Å². The number of hydrogen-bond donors (Lipinski definition) is 0. The summed E-state index contributed by atoms with van der Waals surface area (Å²) in [6.07, 6.45) is 5.53. The van der Waals surface area contributed by atoms with Gasteiger partial charge in [0.05, 0.1) is 0 Å². The van der Waals surface area contributed by atoms with Crippen molar-refractivity contribution in [1.29, 1.82) is 0 Å². The Morgan fingerprint density at radius 1 is 1.12 bits per heavy atom. The minimum Gasteiger partial charge on any atom is -0.423 e. The topological polar surface area (TPSA) is 44.8 Å². The highest BCUT2D eigenvalue weighted by Gasteiger charge is 2.31. The molecule has 1 aliphatic carbocycles. The maximum atomic E-state index is 12.0. The molecule has 1 heterocycles. The highest BCUT2D eigenvalue weighted by atomic mass is 16.7. The molecule has 24 heavy (non-hydrogen) atoms. The van der Waals surface area contributed by atoms with E-state index in [0.717, 1.165) is 48.0 Å². The van der Waals surface area contributed by atoms with Gasteiger partial charge in [-0.3, -0.25) is 0 Å². The van der Waals surface area contributed by atoms with Gasteiger partial charge in [0, 0.05) is 29.9 Å². The third kappa shape index (κ3) is 3.60. The summed E-state index contributed by atoms with van der Waals surface area (Å²) < 4.78 is 16.8. The first kappa shape index (κ1) is 16.9. The van der Waals surface area contributed by atoms with Crippen LogP contribution >= 0.6 is 0 Å². The van der Waals surface area contributed by atoms with Crippen molar-refractivity contribution in [1.82, 2.24) is 0 Å². The summed E-state index contributed by atoms with van der Waals surface area (Å²) in [6.45, 7) is 5.08. The summed E-state index contributed by atoms with van der Waals surface area (Å²) in [5.74, 6) is 0.532. The summed E-state index contributed by atoms with van der Waals surface area (Å²) in [4.78, 5) is 12.0. The van der Waals surface area contributed by atoms with Crippen molar-refractivity contribution in [2.24, 2.45) is 0 Å².